The number of pyridine rings is 1. The Bertz CT molecular complexity index is 469. The summed E-state index contributed by atoms with van der Waals surface area (Å²) in [7, 11) is 3.46. The molecule has 0 aliphatic heterocycles. The number of amides is 1. The van der Waals surface area contributed by atoms with Gasteiger partial charge in [0, 0.05) is 38.6 Å². The Labute approximate surface area is 126 Å². The number of anilines is 1. The molecule has 0 saturated heterocycles. The van der Waals surface area contributed by atoms with Crippen LogP contribution in [0.1, 0.15) is 42.6 Å². The molecule has 1 saturated carbocycles. The molecule has 1 atom stereocenters. The van der Waals surface area contributed by atoms with Crippen LogP contribution >= 0.6 is 0 Å². The van der Waals surface area contributed by atoms with Gasteiger partial charge >= 0.3 is 0 Å². The van der Waals surface area contributed by atoms with Crippen LogP contribution in [0.4, 0.5) is 5.69 Å². The minimum Gasteiger partial charge on any atom is -0.381 e. The van der Waals surface area contributed by atoms with E-state index in [1.165, 1.54) is 37.0 Å². The fourth-order valence-corrected chi connectivity index (χ4v) is 2.99. The largest absolute Gasteiger partial charge is 0.381 e. The number of nitrogens with one attached hydrogen (secondary N) is 1. The van der Waals surface area contributed by atoms with E-state index in [-0.39, 0.29) is 11.9 Å². The first kappa shape index (κ1) is 15.8. The van der Waals surface area contributed by atoms with Crippen molar-refractivity contribution in [2.24, 2.45) is 11.7 Å². The molecule has 116 valence electrons. The molecular weight excluding hydrogens is 264 g/mol. The topological polar surface area (TPSA) is 71.2 Å². The van der Waals surface area contributed by atoms with Crippen molar-refractivity contribution in [3.63, 3.8) is 0 Å². The fourth-order valence-electron chi connectivity index (χ4n) is 2.99. The van der Waals surface area contributed by atoms with Crippen molar-refractivity contribution >= 4 is 11.6 Å². The second-order valence-corrected chi connectivity index (χ2v) is 6.01. The Kier molecular flexibility index (Phi) is 5.56. The van der Waals surface area contributed by atoms with Gasteiger partial charge < -0.3 is 16.0 Å². The van der Waals surface area contributed by atoms with Crippen LogP contribution in [0.2, 0.25) is 0 Å². The van der Waals surface area contributed by atoms with E-state index in [1.807, 2.05) is 12.1 Å². The highest BCUT2D eigenvalue weighted by atomic mass is 16.2. The fraction of sp³-hybridized carbons (Fsp3) is 0.625. The van der Waals surface area contributed by atoms with Crippen LogP contribution in [0, 0.1) is 5.92 Å². The summed E-state index contributed by atoms with van der Waals surface area (Å²) in [6, 6.07) is 3.99. The summed E-state index contributed by atoms with van der Waals surface area (Å²) in [4.78, 5) is 17.6. The molecule has 1 aromatic rings. The van der Waals surface area contributed by atoms with E-state index < -0.39 is 0 Å². The number of aromatic nitrogens is 1. The van der Waals surface area contributed by atoms with Gasteiger partial charge in [-0.3, -0.25) is 9.78 Å². The van der Waals surface area contributed by atoms with E-state index in [9.17, 15) is 4.79 Å². The Morgan fingerprint density at radius 3 is 2.76 bits per heavy atom. The van der Waals surface area contributed by atoms with E-state index in [1.54, 1.807) is 20.3 Å². The molecule has 3 N–H and O–H groups in total. The maximum Gasteiger partial charge on any atom is 0.272 e. The van der Waals surface area contributed by atoms with Gasteiger partial charge in [0.15, 0.2) is 0 Å². The van der Waals surface area contributed by atoms with Crippen LogP contribution in [-0.2, 0) is 0 Å². The standard InChI is InChI=1S/C16H26N4O/c1-20(2)16(21)14-10-13(8-9-18-14)19-15(11-17)12-6-4-3-5-7-12/h8-10,12,15H,3-7,11,17H2,1-2H3,(H,18,19). The first-order valence-electron chi connectivity index (χ1n) is 7.76. The van der Waals surface area contributed by atoms with Crippen molar-refractivity contribution in [2.45, 2.75) is 38.1 Å². The molecule has 1 aliphatic rings. The zero-order valence-electron chi connectivity index (χ0n) is 13.0. The Morgan fingerprint density at radius 2 is 2.14 bits per heavy atom. The number of hydrogen-bond acceptors (Lipinski definition) is 4. The average molecular weight is 290 g/mol. The summed E-state index contributed by atoms with van der Waals surface area (Å²) in [6.45, 7) is 0.615. The molecule has 0 bridgehead atoms. The summed E-state index contributed by atoms with van der Waals surface area (Å²) in [5.74, 6) is 0.547. The van der Waals surface area contributed by atoms with Gasteiger partial charge in [0.2, 0.25) is 0 Å². The molecule has 1 aromatic heterocycles. The van der Waals surface area contributed by atoms with E-state index in [2.05, 4.69) is 10.3 Å². The number of nitrogens with two attached hydrogens (primary N) is 1. The summed E-state index contributed by atoms with van der Waals surface area (Å²) < 4.78 is 0. The molecule has 0 aromatic carbocycles. The second-order valence-electron chi connectivity index (χ2n) is 6.01. The van der Waals surface area contributed by atoms with Crippen molar-refractivity contribution in [2.75, 3.05) is 26.0 Å². The highest BCUT2D eigenvalue weighted by Crippen LogP contribution is 2.28. The van der Waals surface area contributed by atoms with Crippen LogP contribution in [0.3, 0.4) is 0 Å². The summed E-state index contributed by atoms with van der Waals surface area (Å²) >= 11 is 0. The molecule has 5 nitrogen and oxygen atoms in total. The molecule has 1 heterocycles. The monoisotopic (exact) mass is 290 g/mol. The normalized spacial score (nSPS) is 17.3. The third-order valence-corrected chi connectivity index (χ3v) is 4.21. The van der Waals surface area contributed by atoms with Gasteiger partial charge in [-0.05, 0) is 30.9 Å². The maximum absolute atomic E-state index is 12.0. The quantitative estimate of drug-likeness (QED) is 0.871. The summed E-state index contributed by atoms with van der Waals surface area (Å²) in [6.07, 6.45) is 8.08. The maximum atomic E-state index is 12.0. The lowest BCUT2D eigenvalue weighted by Gasteiger charge is -2.30. The smallest absolute Gasteiger partial charge is 0.272 e. The number of carbonyl (C=O) groups is 1. The van der Waals surface area contributed by atoms with E-state index in [0.29, 0.717) is 18.2 Å². The molecule has 5 heteroatoms. The molecule has 0 spiro atoms. The zero-order chi connectivity index (χ0) is 15.2. The van der Waals surface area contributed by atoms with Gasteiger partial charge in [-0.15, -0.1) is 0 Å². The molecule has 2 rings (SSSR count). The average Bonchev–Trinajstić information content (AvgIpc) is 2.53. The zero-order valence-corrected chi connectivity index (χ0v) is 13.0. The molecule has 21 heavy (non-hydrogen) atoms. The van der Waals surface area contributed by atoms with Gasteiger partial charge in [-0.25, -0.2) is 0 Å². The van der Waals surface area contributed by atoms with Crippen LogP contribution < -0.4 is 11.1 Å². The number of rotatable bonds is 5. The van der Waals surface area contributed by atoms with Crippen LogP contribution in [0.15, 0.2) is 18.3 Å². The molecule has 1 aliphatic carbocycles. The predicted molar refractivity (Wildman–Crippen MR) is 85.3 cm³/mol. The molecule has 1 fully saturated rings. The van der Waals surface area contributed by atoms with Crippen molar-refractivity contribution in [1.29, 1.82) is 0 Å². The first-order chi connectivity index (χ1) is 10.1. The van der Waals surface area contributed by atoms with E-state index >= 15 is 0 Å². The number of carbonyl (C=O) groups excluding carboxylic acids is 1. The van der Waals surface area contributed by atoms with Crippen molar-refractivity contribution in [3.05, 3.63) is 24.0 Å². The first-order valence-corrected chi connectivity index (χ1v) is 7.76. The van der Waals surface area contributed by atoms with E-state index in [0.717, 1.165) is 5.69 Å². The van der Waals surface area contributed by atoms with Gasteiger partial charge in [0.1, 0.15) is 5.69 Å². The van der Waals surface area contributed by atoms with Crippen molar-refractivity contribution in [3.8, 4) is 0 Å². The Hall–Kier alpha value is -1.62. The molecule has 0 radical (unpaired) electrons. The van der Waals surface area contributed by atoms with Crippen molar-refractivity contribution < 1.29 is 4.79 Å². The third-order valence-electron chi connectivity index (χ3n) is 4.21. The third kappa shape index (κ3) is 4.17. The van der Waals surface area contributed by atoms with Crippen molar-refractivity contribution in [1.82, 2.24) is 9.88 Å². The number of nitrogens with zero attached hydrogens (tertiary/aromatic N) is 2. The highest BCUT2D eigenvalue weighted by Gasteiger charge is 2.22. The minimum atomic E-state index is -0.0828. The molecule has 1 amide bonds. The lowest BCUT2D eigenvalue weighted by Crippen LogP contribution is -2.37. The van der Waals surface area contributed by atoms with Crippen LogP contribution in [0.5, 0.6) is 0 Å². The summed E-state index contributed by atoms with van der Waals surface area (Å²) in [5, 5.41) is 3.50. The molecule has 1 unspecified atom stereocenters. The number of hydrogen-bond donors (Lipinski definition) is 2. The van der Waals surface area contributed by atoms with Gasteiger partial charge in [-0.1, -0.05) is 19.3 Å². The molecular formula is C16H26N4O. The minimum absolute atomic E-state index is 0.0828. The van der Waals surface area contributed by atoms with Crippen LogP contribution in [0.25, 0.3) is 0 Å². The van der Waals surface area contributed by atoms with E-state index in [4.69, 9.17) is 5.73 Å². The lowest BCUT2D eigenvalue weighted by molar-refractivity contribution is 0.0822. The predicted octanol–water partition coefficient (Wildman–Crippen LogP) is 2.10. The van der Waals surface area contributed by atoms with Crippen LogP contribution in [-0.4, -0.2) is 42.5 Å². The summed E-state index contributed by atoms with van der Waals surface area (Å²) in [5.41, 5.74) is 7.33. The van der Waals surface area contributed by atoms with Gasteiger partial charge in [0.05, 0.1) is 0 Å². The lowest BCUT2D eigenvalue weighted by atomic mass is 9.84. The second kappa shape index (κ2) is 7.41. The Balaban J connectivity index is 2.06. The Morgan fingerprint density at radius 1 is 1.43 bits per heavy atom. The van der Waals surface area contributed by atoms with Gasteiger partial charge in [0.25, 0.3) is 5.91 Å². The SMILES string of the molecule is CN(C)C(=O)c1cc(NC(CN)C2CCCCC2)ccn1. The highest BCUT2D eigenvalue weighted by molar-refractivity contribution is 5.92. The van der Waals surface area contributed by atoms with Gasteiger partial charge in [-0.2, -0.15) is 0 Å².